The van der Waals surface area contributed by atoms with E-state index < -0.39 is 23.0 Å². The lowest BCUT2D eigenvalue weighted by Gasteiger charge is -2.43. The predicted octanol–water partition coefficient (Wildman–Crippen LogP) is 1.44. The number of amides is 3. The Balaban J connectivity index is 1.90. The van der Waals surface area contributed by atoms with E-state index in [4.69, 9.17) is 9.47 Å². The number of aliphatic hydroxyl groups is 1. The van der Waals surface area contributed by atoms with Gasteiger partial charge in [-0.3, -0.25) is 9.69 Å². The van der Waals surface area contributed by atoms with Crippen molar-refractivity contribution in [3.63, 3.8) is 0 Å². The van der Waals surface area contributed by atoms with Gasteiger partial charge in [0, 0.05) is 25.2 Å². The second-order valence-corrected chi connectivity index (χ2v) is 7.17. The van der Waals surface area contributed by atoms with Crippen molar-refractivity contribution in [2.75, 3.05) is 32.9 Å². The number of hydrogen-bond donors (Lipinski definition) is 2. The molecule has 142 valence electrons. The zero-order chi connectivity index (χ0) is 18.8. The summed E-state index contributed by atoms with van der Waals surface area (Å²) in [6.07, 6.45) is 1.39. The van der Waals surface area contributed by atoms with Crippen LogP contribution in [0.15, 0.2) is 24.3 Å². The van der Waals surface area contributed by atoms with Crippen LogP contribution in [-0.4, -0.2) is 60.5 Å². The first kappa shape index (κ1) is 18.7. The van der Waals surface area contributed by atoms with Gasteiger partial charge in [-0.25, -0.2) is 4.79 Å². The van der Waals surface area contributed by atoms with Gasteiger partial charge in [-0.15, -0.1) is 0 Å². The van der Waals surface area contributed by atoms with Gasteiger partial charge in [0.2, 0.25) is 0 Å². The van der Waals surface area contributed by atoms with Gasteiger partial charge in [0.25, 0.3) is 5.91 Å². The van der Waals surface area contributed by atoms with Gasteiger partial charge in [0.1, 0.15) is 5.75 Å². The van der Waals surface area contributed by atoms with Gasteiger partial charge in [-0.1, -0.05) is 12.1 Å². The Labute approximate surface area is 153 Å². The van der Waals surface area contributed by atoms with Crippen LogP contribution >= 0.6 is 0 Å². The Morgan fingerprint density at radius 3 is 2.50 bits per heavy atom. The van der Waals surface area contributed by atoms with Crippen molar-refractivity contribution in [2.45, 2.75) is 37.7 Å². The molecule has 1 atom stereocenters. The zero-order valence-electron chi connectivity index (χ0n) is 15.3. The van der Waals surface area contributed by atoms with Crippen molar-refractivity contribution in [2.24, 2.45) is 0 Å². The molecule has 1 aromatic rings. The van der Waals surface area contributed by atoms with Crippen LogP contribution in [0.25, 0.3) is 0 Å². The number of nitrogens with zero attached hydrogens (tertiary/aromatic N) is 1. The molecule has 0 saturated carbocycles. The summed E-state index contributed by atoms with van der Waals surface area (Å²) in [6, 6.07) is 7.33. The highest BCUT2D eigenvalue weighted by molar-refractivity contribution is 6.01. The number of benzene rings is 1. The summed E-state index contributed by atoms with van der Waals surface area (Å²) in [7, 11) is 0. The summed E-state index contributed by atoms with van der Waals surface area (Å²) in [6.45, 7) is 5.22. The fraction of sp³-hybridized carbons (Fsp3) is 0.579. The van der Waals surface area contributed by atoms with Crippen molar-refractivity contribution in [1.82, 2.24) is 10.2 Å². The van der Waals surface area contributed by atoms with Crippen LogP contribution in [0.5, 0.6) is 5.75 Å². The smallest absolute Gasteiger partial charge is 0.324 e. The number of carbonyl (C=O) groups excluding carboxylic acids is 2. The lowest BCUT2D eigenvalue weighted by molar-refractivity contribution is -0.149. The second kappa shape index (κ2) is 7.25. The number of nitrogens with one attached hydrogen (secondary N) is 1. The first-order valence-electron chi connectivity index (χ1n) is 9.01. The SMILES string of the molecule is CCOc1ccc(C2(CN3C(=O)NCC(C)(O)C3=O)CCOCC2)cc1. The molecule has 0 radical (unpaired) electrons. The molecular weight excluding hydrogens is 336 g/mol. The van der Waals surface area contributed by atoms with Crippen LogP contribution in [0.2, 0.25) is 0 Å². The minimum Gasteiger partial charge on any atom is -0.494 e. The van der Waals surface area contributed by atoms with Crippen molar-refractivity contribution < 1.29 is 24.2 Å². The molecule has 3 amide bonds. The van der Waals surface area contributed by atoms with Gasteiger partial charge >= 0.3 is 6.03 Å². The summed E-state index contributed by atoms with van der Waals surface area (Å²) >= 11 is 0. The van der Waals surface area contributed by atoms with Crippen LogP contribution in [0.3, 0.4) is 0 Å². The van der Waals surface area contributed by atoms with E-state index in [1.807, 2.05) is 31.2 Å². The molecule has 3 rings (SSSR count). The van der Waals surface area contributed by atoms with Crippen molar-refractivity contribution in [3.8, 4) is 5.75 Å². The highest BCUT2D eigenvalue weighted by Gasteiger charge is 2.46. The third-order valence-electron chi connectivity index (χ3n) is 5.22. The Hall–Kier alpha value is -2.12. The van der Waals surface area contributed by atoms with Crippen molar-refractivity contribution >= 4 is 11.9 Å². The molecule has 2 heterocycles. The standard InChI is InChI=1S/C19H26N2O5/c1-3-26-15-6-4-14(5-7-15)19(8-10-25-11-9-19)13-21-16(22)18(2,24)12-20-17(21)23/h4-7,24H,3,8-13H2,1-2H3,(H,20,23). The van der Waals surface area contributed by atoms with E-state index in [0.717, 1.165) is 16.2 Å². The molecule has 1 aromatic carbocycles. The monoisotopic (exact) mass is 362 g/mol. The van der Waals surface area contributed by atoms with Gasteiger partial charge < -0.3 is 19.9 Å². The highest BCUT2D eigenvalue weighted by atomic mass is 16.5. The number of carbonyl (C=O) groups is 2. The maximum atomic E-state index is 12.6. The number of urea groups is 1. The van der Waals surface area contributed by atoms with Crippen molar-refractivity contribution in [3.05, 3.63) is 29.8 Å². The fourth-order valence-electron chi connectivity index (χ4n) is 3.62. The van der Waals surface area contributed by atoms with E-state index in [1.54, 1.807) is 0 Å². The summed E-state index contributed by atoms with van der Waals surface area (Å²) in [5, 5.41) is 12.9. The molecule has 2 saturated heterocycles. The molecule has 2 fully saturated rings. The Kier molecular flexibility index (Phi) is 5.20. The molecule has 0 aliphatic carbocycles. The molecule has 0 aromatic heterocycles. The van der Waals surface area contributed by atoms with Crippen LogP contribution in [0, 0.1) is 0 Å². The molecule has 7 nitrogen and oxygen atoms in total. The van der Waals surface area contributed by atoms with Crippen LogP contribution in [0.1, 0.15) is 32.3 Å². The minimum absolute atomic E-state index is 0.0691. The summed E-state index contributed by atoms with van der Waals surface area (Å²) in [4.78, 5) is 26.1. The fourth-order valence-corrected chi connectivity index (χ4v) is 3.62. The normalized spacial score (nSPS) is 25.7. The molecule has 26 heavy (non-hydrogen) atoms. The average Bonchev–Trinajstić information content (AvgIpc) is 2.64. The van der Waals surface area contributed by atoms with E-state index in [-0.39, 0.29) is 13.1 Å². The lowest BCUT2D eigenvalue weighted by atomic mass is 9.73. The molecule has 0 bridgehead atoms. The number of hydrogen-bond acceptors (Lipinski definition) is 5. The quantitative estimate of drug-likeness (QED) is 0.827. The molecule has 2 aliphatic rings. The Morgan fingerprint density at radius 1 is 1.23 bits per heavy atom. The van der Waals surface area contributed by atoms with E-state index in [2.05, 4.69) is 5.32 Å². The van der Waals surface area contributed by atoms with E-state index >= 15 is 0 Å². The summed E-state index contributed by atoms with van der Waals surface area (Å²) in [5.74, 6) is 0.228. The number of imide groups is 1. The van der Waals surface area contributed by atoms with Crippen LogP contribution < -0.4 is 10.1 Å². The van der Waals surface area contributed by atoms with E-state index in [1.165, 1.54) is 6.92 Å². The second-order valence-electron chi connectivity index (χ2n) is 7.17. The average molecular weight is 362 g/mol. The van der Waals surface area contributed by atoms with Gasteiger partial charge in [0.05, 0.1) is 13.2 Å². The molecule has 2 N–H and O–H groups in total. The summed E-state index contributed by atoms with van der Waals surface area (Å²) in [5.41, 5.74) is -0.947. The Bertz CT molecular complexity index is 665. The zero-order valence-corrected chi connectivity index (χ0v) is 15.3. The van der Waals surface area contributed by atoms with Gasteiger partial charge in [0.15, 0.2) is 5.60 Å². The number of rotatable bonds is 5. The third kappa shape index (κ3) is 3.54. The minimum atomic E-state index is -1.58. The van der Waals surface area contributed by atoms with Gasteiger partial charge in [-0.2, -0.15) is 0 Å². The van der Waals surface area contributed by atoms with Crippen LogP contribution in [0.4, 0.5) is 4.79 Å². The van der Waals surface area contributed by atoms with E-state index in [0.29, 0.717) is 32.7 Å². The maximum Gasteiger partial charge on any atom is 0.324 e. The summed E-state index contributed by atoms with van der Waals surface area (Å²) < 4.78 is 11.0. The largest absolute Gasteiger partial charge is 0.494 e. The van der Waals surface area contributed by atoms with Crippen molar-refractivity contribution in [1.29, 1.82) is 0 Å². The third-order valence-corrected chi connectivity index (χ3v) is 5.22. The molecular formula is C19H26N2O5. The highest BCUT2D eigenvalue weighted by Crippen LogP contribution is 2.37. The molecule has 7 heteroatoms. The molecule has 0 spiro atoms. The first-order chi connectivity index (χ1) is 12.4. The molecule has 1 unspecified atom stereocenters. The molecule has 2 aliphatic heterocycles. The van der Waals surface area contributed by atoms with Crippen LogP contribution in [-0.2, 0) is 14.9 Å². The number of β-amino-alcohol motifs (C(OH)–C–C–N with tert-alkyl or cyclic N) is 1. The van der Waals surface area contributed by atoms with E-state index in [9.17, 15) is 14.7 Å². The first-order valence-corrected chi connectivity index (χ1v) is 9.01. The predicted molar refractivity (Wildman–Crippen MR) is 95.1 cm³/mol. The maximum absolute atomic E-state index is 12.6. The van der Waals surface area contributed by atoms with Gasteiger partial charge in [-0.05, 0) is 44.4 Å². The topological polar surface area (TPSA) is 88.1 Å². The number of ether oxygens (including phenoxy) is 2. The Morgan fingerprint density at radius 2 is 1.88 bits per heavy atom. The lowest BCUT2D eigenvalue weighted by Crippen LogP contribution is -2.65.